The predicted molar refractivity (Wildman–Crippen MR) is 102 cm³/mol. The zero-order chi connectivity index (χ0) is 19.5. The number of rotatable bonds is 1. The second-order valence-corrected chi connectivity index (χ2v) is 8.88. The Morgan fingerprint density at radius 1 is 1.15 bits per heavy atom. The minimum Gasteiger partial charge on any atom is -0.443 e. The van der Waals surface area contributed by atoms with Crippen LogP contribution < -0.4 is 5.46 Å². The standard InChI is InChI=1S/C19H27BN2O4/c1-12-9-15-14(21-11-22(15)16(23)24-17(2,3)4)10-13(12)20-25-18(5,6)19(7,8)26-20/h9-11H,1-8H3. The number of nitrogens with zero attached hydrogens (tertiary/aromatic N) is 2. The molecular weight excluding hydrogens is 331 g/mol. The van der Waals surface area contributed by atoms with Gasteiger partial charge in [-0.1, -0.05) is 0 Å². The minimum absolute atomic E-state index is 0.408. The van der Waals surface area contributed by atoms with Crippen LogP contribution in [0.25, 0.3) is 11.0 Å². The van der Waals surface area contributed by atoms with Crippen LogP contribution in [0, 0.1) is 6.92 Å². The van der Waals surface area contributed by atoms with Gasteiger partial charge in [0.15, 0.2) is 0 Å². The molecule has 2 aromatic rings. The number of aromatic nitrogens is 2. The van der Waals surface area contributed by atoms with Gasteiger partial charge in [0, 0.05) is 0 Å². The highest BCUT2D eigenvalue weighted by molar-refractivity contribution is 6.63. The lowest BCUT2D eigenvalue weighted by molar-refractivity contribution is 0.00578. The minimum atomic E-state index is -0.564. The topological polar surface area (TPSA) is 62.6 Å². The van der Waals surface area contributed by atoms with E-state index in [9.17, 15) is 4.79 Å². The van der Waals surface area contributed by atoms with Crippen LogP contribution in [-0.2, 0) is 14.0 Å². The second kappa shape index (κ2) is 5.82. The summed E-state index contributed by atoms with van der Waals surface area (Å²) in [4.78, 5) is 16.8. The van der Waals surface area contributed by atoms with Gasteiger partial charge in [-0.2, -0.15) is 0 Å². The summed E-state index contributed by atoms with van der Waals surface area (Å²) in [7, 11) is -0.462. The summed E-state index contributed by atoms with van der Waals surface area (Å²) in [6, 6.07) is 3.85. The Kier molecular flexibility index (Phi) is 4.24. The maximum absolute atomic E-state index is 12.4. The number of hydrogen-bond donors (Lipinski definition) is 0. The van der Waals surface area contributed by atoms with Crippen LogP contribution in [0.3, 0.4) is 0 Å². The molecule has 0 saturated carbocycles. The quantitative estimate of drug-likeness (QED) is 0.731. The Morgan fingerprint density at radius 2 is 1.73 bits per heavy atom. The smallest absolute Gasteiger partial charge is 0.443 e. The first-order valence-electron chi connectivity index (χ1n) is 8.87. The van der Waals surface area contributed by atoms with Crippen molar-refractivity contribution in [3.8, 4) is 0 Å². The molecule has 1 aromatic carbocycles. The third-order valence-corrected chi connectivity index (χ3v) is 5.03. The van der Waals surface area contributed by atoms with Gasteiger partial charge in [0.05, 0.1) is 22.2 Å². The fraction of sp³-hybridized carbons (Fsp3) is 0.579. The van der Waals surface area contributed by atoms with Crippen LogP contribution in [0.15, 0.2) is 18.5 Å². The van der Waals surface area contributed by atoms with E-state index in [1.54, 1.807) is 0 Å². The Hall–Kier alpha value is -1.86. The van der Waals surface area contributed by atoms with Gasteiger partial charge in [0.1, 0.15) is 11.9 Å². The van der Waals surface area contributed by atoms with Crippen molar-refractivity contribution in [2.45, 2.75) is 72.2 Å². The molecule has 1 aliphatic rings. The average Bonchev–Trinajstić information content (AvgIpc) is 2.94. The SMILES string of the molecule is Cc1cc2c(cc1B1OC(C)(C)C(C)(C)O1)ncn2C(=O)OC(C)(C)C. The third-order valence-electron chi connectivity index (χ3n) is 5.03. The fourth-order valence-corrected chi connectivity index (χ4v) is 2.86. The molecule has 0 N–H and O–H groups in total. The highest BCUT2D eigenvalue weighted by Gasteiger charge is 2.52. The zero-order valence-electron chi connectivity index (χ0n) is 16.8. The lowest BCUT2D eigenvalue weighted by Crippen LogP contribution is -2.41. The highest BCUT2D eigenvalue weighted by atomic mass is 16.7. The van der Waals surface area contributed by atoms with Crippen molar-refractivity contribution in [3.63, 3.8) is 0 Å². The number of fused-ring (bicyclic) bond motifs is 1. The lowest BCUT2D eigenvalue weighted by atomic mass is 9.76. The van der Waals surface area contributed by atoms with E-state index in [0.717, 1.165) is 11.0 Å². The monoisotopic (exact) mass is 358 g/mol. The Bertz CT molecular complexity index is 848. The number of imidazole rings is 1. The first-order chi connectivity index (χ1) is 11.8. The van der Waals surface area contributed by atoms with Crippen molar-refractivity contribution in [3.05, 3.63) is 24.0 Å². The number of carbonyl (C=O) groups excluding carboxylic acids is 1. The molecule has 0 bridgehead atoms. The molecule has 26 heavy (non-hydrogen) atoms. The molecule has 1 fully saturated rings. The summed E-state index contributed by atoms with van der Waals surface area (Å²) < 4.78 is 19.2. The van der Waals surface area contributed by atoms with Crippen LogP contribution in [0.5, 0.6) is 0 Å². The molecule has 0 aliphatic carbocycles. The van der Waals surface area contributed by atoms with E-state index < -0.39 is 30.0 Å². The number of benzene rings is 1. The summed E-state index contributed by atoms with van der Waals surface area (Å²) in [5.74, 6) is 0. The summed E-state index contributed by atoms with van der Waals surface area (Å²) in [5.41, 5.74) is 1.92. The molecule has 2 heterocycles. The molecule has 0 atom stereocenters. The summed E-state index contributed by atoms with van der Waals surface area (Å²) in [6.45, 7) is 15.6. The van der Waals surface area contributed by atoms with Gasteiger partial charge < -0.3 is 14.0 Å². The summed E-state index contributed by atoms with van der Waals surface area (Å²) in [5, 5.41) is 0. The number of carbonyl (C=O) groups is 1. The van der Waals surface area contributed by atoms with E-state index in [1.807, 2.05) is 67.5 Å². The zero-order valence-corrected chi connectivity index (χ0v) is 16.8. The molecule has 7 heteroatoms. The average molecular weight is 358 g/mol. The maximum atomic E-state index is 12.4. The molecule has 0 spiro atoms. The van der Waals surface area contributed by atoms with Crippen LogP contribution >= 0.6 is 0 Å². The Labute approximate surface area is 155 Å². The lowest BCUT2D eigenvalue weighted by Gasteiger charge is -2.32. The molecule has 1 aliphatic heterocycles. The summed E-state index contributed by atoms with van der Waals surface area (Å²) >= 11 is 0. The van der Waals surface area contributed by atoms with E-state index in [-0.39, 0.29) is 0 Å². The van der Waals surface area contributed by atoms with E-state index >= 15 is 0 Å². The Balaban J connectivity index is 1.97. The van der Waals surface area contributed by atoms with Crippen LogP contribution in [0.1, 0.15) is 54.0 Å². The van der Waals surface area contributed by atoms with Crippen molar-refractivity contribution in [2.75, 3.05) is 0 Å². The van der Waals surface area contributed by atoms with E-state index in [0.29, 0.717) is 11.0 Å². The molecule has 0 radical (unpaired) electrons. The first kappa shape index (κ1) is 18.9. The van der Waals surface area contributed by atoms with Gasteiger partial charge in [-0.3, -0.25) is 0 Å². The first-order valence-corrected chi connectivity index (χ1v) is 8.87. The number of hydrogen-bond acceptors (Lipinski definition) is 5. The predicted octanol–water partition coefficient (Wildman–Crippen LogP) is 3.43. The van der Waals surface area contributed by atoms with Gasteiger partial charge in [-0.25, -0.2) is 14.3 Å². The van der Waals surface area contributed by atoms with Gasteiger partial charge in [-0.05, 0) is 78.5 Å². The van der Waals surface area contributed by atoms with Gasteiger partial charge in [0.2, 0.25) is 0 Å². The molecule has 6 nitrogen and oxygen atoms in total. The van der Waals surface area contributed by atoms with Crippen LogP contribution in [-0.4, -0.2) is 39.6 Å². The molecule has 1 aromatic heterocycles. The van der Waals surface area contributed by atoms with Gasteiger partial charge in [-0.15, -0.1) is 0 Å². The van der Waals surface area contributed by atoms with Crippen LogP contribution in [0.4, 0.5) is 4.79 Å². The maximum Gasteiger partial charge on any atom is 0.495 e. The molecule has 0 unspecified atom stereocenters. The Morgan fingerprint density at radius 3 is 2.27 bits per heavy atom. The molecule has 140 valence electrons. The molecule has 1 saturated heterocycles. The summed E-state index contributed by atoms with van der Waals surface area (Å²) in [6.07, 6.45) is 1.05. The second-order valence-electron chi connectivity index (χ2n) is 8.88. The highest BCUT2D eigenvalue weighted by Crippen LogP contribution is 2.36. The van der Waals surface area contributed by atoms with Crippen molar-refractivity contribution in [1.29, 1.82) is 0 Å². The largest absolute Gasteiger partial charge is 0.495 e. The van der Waals surface area contributed by atoms with Gasteiger partial charge in [0.25, 0.3) is 0 Å². The van der Waals surface area contributed by atoms with Gasteiger partial charge >= 0.3 is 13.2 Å². The number of ether oxygens (including phenoxy) is 1. The van der Waals surface area contributed by atoms with E-state index in [1.165, 1.54) is 10.9 Å². The van der Waals surface area contributed by atoms with Crippen molar-refractivity contribution >= 4 is 29.7 Å². The molecule has 3 rings (SSSR count). The van der Waals surface area contributed by atoms with E-state index in [4.69, 9.17) is 14.0 Å². The third kappa shape index (κ3) is 3.26. The fourth-order valence-electron chi connectivity index (χ4n) is 2.86. The molecular formula is C19H27BN2O4. The van der Waals surface area contributed by atoms with E-state index in [2.05, 4.69) is 4.98 Å². The van der Waals surface area contributed by atoms with Crippen molar-refractivity contribution < 1.29 is 18.8 Å². The van der Waals surface area contributed by atoms with Crippen molar-refractivity contribution in [1.82, 2.24) is 9.55 Å². The normalized spacial score (nSPS) is 19.2. The number of aryl methyl sites for hydroxylation is 1. The molecule has 0 amide bonds. The van der Waals surface area contributed by atoms with Crippen LogP contribution in [0.2, 0.25) is 0 Å². The van der Waals surface area contributed by atoms with Crippen molar-refractivity contribution in [2.24, 2.45) is 0 Å².